The van der Waals surface area contributed by atoms with Gasteiger partial charge in [0.1, 0.15) is 6.26 Å². The van der Waals surface area contributed by atoms with Gasteiger partial charge in [-0.3, -0.25) is 4.90 Å². The molecule has 0 unspecified atom stereocenters. The maximum atomic E-state index is 5.62. The molecule has 4 heteroatoms. The molecule has 2 aromatic rings. The van der Waals surface area contributed by atoms with E-state index in [9.17, 15) is 0 Å². The molecule has 1 aliphatic rings. The molecule has 1 N–H and O–H groups in total. The fourth-order valence-electron chi connectivity index (χ4n) is 2.41. The van der Waals surface area contributed by atoms with E-state index in [1.54, 1.807) is 6.26 Å². The molecule has 0 bridgehead atoms. The molecule has 1 aromatic heterocycles. The summed E-state index contributed by atoms with van der Waals surface area (Å²) in [6.45, 7) is 7.22. The maximum absolute atomic E-state index is 5.62. The minimum Gasteiger partial charge on any atom is -0.444 e. The van der Waals surface area contributed by atoms with E-state index in [4.69, 9.17) is 4.42 Å². The Morgan fingerprint density at radius 3 is 2.84 bits per heavy atom. The van der Waals surface area contributed by atoms with Crippen LogP contribution < -0.4 is 5.32 Å². The molecular weight excluding hydrogens is 238 g/mol. The van der Waals surface area contributed by atoms with Crippen LogP contribution in [-0.2, 0) is 6.54 Å². The average molecular weight is 257 g/mol. The molecule has 0 amide bonds. The van der Waals surface area contributed by atoms with Crippen LogP contribution in [0.2, 0.25) is 0 Å². The zero-order valence-corrected chi connectivity index (χ0v) is 11.2. The van der Waals surface area contributed by atoms with Gasteiger partial charge in [-0.2, -0.15) is 0 Å². The summed E-state index contributed by atoms with van der Waals surface area (Å²) in [5.74, 6) is 0.725. The number of benzene rings is 1. The highest BCUT2D eigenvalue weighted by molar-refractivity contribution is 5.58. The van der Waals surface area contributed by atoms with E-state index < -0.39 is 0 Å². The van der Waals surface area contributed by atoms with E-state index in [1.165, 1.54) is 5.56 Å². The molecule has 1 saturated heterocycles. The number of nitrogens with zero attached hydrogens (tertiary/aromatic N) is 2. The van der Waals surface area contributed by atoms with Gasteiger partial charge in [0.05, 0.1) is 5.69 Å². The zero-order valence-electron chi connectivity index (χ0n) is 11.2. The van der Waals surface area contributed by atoms with Crippen molar-refractivity contribution in [3.05, 3.63) is 41.8 Å². The molecule has 100 valence electrons. The van der Waals surface area contributed by atoms with Gasteiger partial charge in [-0.1, -0.05) is 18.2 Å². The van der Waals surface area contributed by atoms with Gasteiger partial charge in [-0.05, 0) is 18.6 Å². The van der Waals surface area contributed by atoms with E-state index >= 15 is 0 Å². The van der Waals surface area contributed by atoms with Crippen molar-refractivity contribution < 1.29 is 4.42 Å². The molecule has 2 heterocycles. The summed E-state index contributed by atoms with van der Waals surface area (Å²) < 4.78 is 5.62. The number of oxazole rings is 1. The fourth-order valence-corrected chi connectivity index (χ4v) is 2.41. The Morgan fingerprint density at radius 2 is 2.05 bits per heavy atom. The van der Waals surface area contributed by atoms with Crippen molar-refractivity contribution in [1.82, 2.24) is 15.2 Å². The lowest BCUT2D eigenvalue weighted by atomic mass is 10.1. The second kappa shape index (κ2) is 5.55. The summed E-state index contributed by atoms with van der Waals surface area (Å²) >= 11 is 0. The highest BCUT2D eigenvalue weighted by atomic mass is 16.3. The van der Waals surface area contributed by atoms with Crippen molar-refractivity contribution in [2.45, 2.75) is 13.5 Å². The lowest BCUT2D eigenvalue weighted by molar-refractivity contribution is 0.230. The van der Waals surface area contributed by atoms with E-state index in [0.717, 1.165) is 49.9 Å². The van der Waals surface area contributed by atoms with Crippen molar-refractivity contribution in [3.63, 3.8) is 0 Å². The second-order valence-electron chi connectivity index (χ2n) is 4.99. The van der Waals surface area contributed by atoms with Crippen LogP contribution in [0.4, 0.5) is 0 Å². The molecule has 0 aliphatic carbocycles. The zero-order chi connectivity index (χ0) is 13.1. The van der Waals surface area contributed by atoms with E-state index in [-0.39, 0.29) is 0 Å². The lowest BCUT2D eigenvalue weighted by Crippen LogP contribution is -2.42. The van der Waals surface area contributed by atoms with Gasteiger partial charge in [-0.15, -0.1) is 0 Å². The number of piperazine rings is 1. The van der Waals surface area contributed by atoms with Crippen molar-refractivity contribution in [1.29, 1.82) is 0 Å². The summed E-state index contributed by atoms with van der Waals surface area (Å²) in [4.78, 5) is 7.01. The largest absolute Gasteiger partial charge is 0.444 e. The molecule has 3 rings (SSSR count). The predicted molar refractivity (Wildman–Crippen MR) is 74.8 cm³/mol. The van der Waals surface area contributed by atoms with Gasteiger partial charge in [0.25, 0.3) is 0 Å². The number of hydrogen-bond donors (Lipinski definition) is 1. The third-order valence-electron chi connectivity index (χ3n) is 3.52. The van der Waals surface area contributed by atoms with E-state index in [0.29, 0.717) is 0 Å². The van der Waals surface area contributed by atoms with Crippen LogP contribution in [0.3, 0.4) is 0 Å². The topological polar surface area (TPSA) is 41.3 Å². The van der Waals surface area contributed by atoms with E-state index in [1.807, 2.05) is 12.1 Å². The van der Waals surface area contributed by atoms with Gasteiger partial charge in [0.15, 0.2) is 0 Å². The third-order valence-corrected chi connectivity index (χ3v) is 3.52. The molecule has 0 radical (unpaired) electrons. The Morgan fingerprint density at radius 1 is 1.26 bits per heavy atom. The summed E-state index contributed by atoms with van der Waals surface area (Å²) in [6.07, 6.45) is 1.78. The van der Waals surface area contributed by atoms with Crippen molar-refractivity contribution in [3.8, 4) is 11.5 Å². The molecule has 4 nitrogen and oxygen atoms in total. The van der Waals surface area contributed by atoms with Crippen molar-refractivity contribution in [2.75, 3.05) is 26.2 Å². The van der Waals surface area contributed by atoms with Crippen LogP contribution in [0.1, 0.15) is 11.3 Å². The number of nitrogens with one attached hydrogen (secondary N) is 1. The first-order chi connectivity index (χ1) is 9.33. The first kappa shape index (κ1) is 12.4. The van der Waals surface area contributed by atoms with E-state index in [2.05, 4.69) is 34.3 Å². The minimum absolute atomic E-state index is 0.725. The molecule has 0 spiro atoms. The number of aromatic nitrogens is 1. The molecule has 1 aromatic carbocycles. The smallest absolute Gasteiger partial charge is 0.226 e. The molecule has 19 heavy (non-hydrogen) atoms. The minimum atomic E-state index is 0.725. The lowest BCUT2D eigenvalue weighted by Gasteiger charge is -2.26. The summed E-state index contributed by atoms with van der Waals surface area (Å²) in [6, 6.07) is 8.18. The first-order valence-electron chi connectivity index (χ1n) is 6.76. The SMILES string of the molecule is Cc1ccccc1-c1nc(CN2CCNCC2)co1. The molecule has 1 aliphatic heterocycles. The normalized spacial score (nSPS) is 16.7. The van der Waals surface area contributed by atoms with Gasteiger partial charge in [-0.25, -0.2) is 4.98 Å². The highest BCUT2D eigenvalue weighted by Gasteiger charge is 2.13. The van der Waals surface area contributed by atoms with Crippen LogP contribution in [0, 0.1) is 6.92 Å². The monoisotopic (exact) mass is 257 g/mol. The molecule has 1 fully saturated rings. The molecule has 0 saturated carbocycles. The van der Waals surface area contributed by atoms with Crippen LogP contribution in [-0.4, -0.2) is 36.1 Å². The van der Waals surface area contributed by atoms with Crippen LogP contribution in [0.5, 0.6) is 0 Å². The molecule has 0 atom stereocenters. The third kappa shape index (κ3) is 2.85. The van der Waals surface area contributed by atoms with Gasteiger partial charge in [0, 0.05) is 38.3 Å². The molecular formula is C15H19N3O. The predicted octanol–water partition coefficient (Wildman–Crippen LogP) is 2.06. The summed E-state index contributed by atoms with van der Waals surface area (Å²) in [7, 11) is 0. The highest BCUT2D eigenvalue weighted by Crippen LogP contribution is 2.22. The van der Waals surface area contributed by atoms with Gasteiger partial charge < -0.3 is 9.73 Å². The number of aryl methyl sites for hydroxylation is 1. The standard InChI is InChI=1S/C15H19N3O/c1-12-4-2-3-5-14(12)15-17-13(11-19-15)10-18-8-6-16-7-9-18/h2-5,11,16H,6-10H2,1H3. The van der Waals surface area contributed by atoms with Gasteiger partial charge in [0.2, 0.25) is 5.89 Å². The Kier molecular flexibility index (Phi) is 3.62. The second-order valence-corrected chi connectivity index (χ2v) is 4.99. The average Bonchev–Trinajstić information content (AvgIpc) is 2.89. The fraction of sp³-hybridized carbons (Fsp3) is 0.400. The first-order valence-corrected chi connectivity index (χ1v) is 6.76. The Hall–Kier alpha value is -1.65. The Bertz CT molecular complexity index is 544. The number of rotatable bonds is 3. The van der Waals surface area contributed by atoms with Crippen molar-refractivity contribution >= 4 is 0 Å². The maximum Gasteiger partial charge on any atom is 0.226 e. The van der Waals surface area contributed by atoms with Gasteiger partial charge >= 0.3 is 0 Å². The van der Waals surface area contributed by atoms with Crippen LogP contribution >= 0.6 is 0 Å². The van der Waals surface area contributed by atoms with Crippen LogP contribution in [0.25, 0.3) is 11.5 Å². The Balaban J connectivity index is 1.74. The van der Waals surface area contributed by atoms with Crippen molar-refractivity contribution in [2.24, 2.45) is 0 Å². The summed E-state index contributed by atoms with van der Waals surface area (Å²) in [5, 5.41) is 3.35. The number of hydrogen-bond acceptors (Lipinski definition) is 4. The Labute approximate surface area is 113 Å². The quantitative estimate of drug-likeness (QED) is 0.913. The van der Waals surface area contributed by atoms with Crippen LogP contribution in [0.15, 0.2) is 34.9 Å². The summed E-state index contributed by atoms with van der Waals surface area (Å²) in [5.41, 5.74) is 3.28.